The van der Waals surface area contributed by atoms with Gasteiger partial charge in [-0.2, -0.15) is 17.9 Å². The van der Waals surface area contributed by atoms with Gasteiger partial charge >= 0.3 is 6.18 Å². The van der Waals surface area contributed by atoms with Gasteiger partial charge in [0.1, 0.15) is 5.82 Å². The van der Waals surface area contributed by atoms with E-state index in [1.54, 1.807) is 0 Å². The Kier molecular flexibility index (Phi) is 3.36. The fourth-order valence-electron chi connectivity index (χ4n) is 1.90. The third kappa shape index (κ3) is 3.02. The van der Waals surface area contributed by atoms with Gasteiger partial charge in [-0.1, -0.05) is 0 Å². The highest BCUT2D eigenvalue weighted by atomic mass is 19.4. The number of benzene rings is 1. The van der Waals surface area contributed by atoms with E-state index in [0.717, 1.165) is 18.9 Å². The lowest BCUT2D eigenvalue weighted by atomic mass is 10.2. The van der Waals surface area contributed by atoms with Gasteiger partial charge in [0, 0.05) is 6.04 Å². The maximum atomic E-state index is 13.3. The standard InChI is InChI=1S/C12H11F4N5/c13-10-4-3-8(5-9(10)12(14,15)16)21-11(18-19-20-21)6-17-7-1-2-7/h3-5,7,17H,1-2,6H2. The van der Waals surface area contributed by atoms with Crippen LogP contribution in [-0.2, 0) is 12.7 Å². The Morgan fingerprint density at radius 2 is 2.05 bits per heavy atom. The molecule has 1 fully saturated rings. The zero-order chi connectivity index (χ0) is 15.0. The van der Waals surface area contributed by atoms with E-state index in [0.29, 0.717) is 24.5 Å². The van der Waals surface area contributed by atoms with E-state index < -0.39 is 17.6 Å². The largest absolute Gasteiger partial charge is 0.419 e. The Morgan fingerprint density at radius 3 is 2.71 bits per heavy atom. The smallest absolute Gasteiger partial charge is 0.307 e. The summed E-state index contributed by atoms with van der Waals surface area (Å²) in [6.45, 7) is 0.344. The van der Waals surface area contributed by atoms with Crippen LogP contribution in [0.15, 0.2) is 18.2 Å². The van der Waals surface area contributed by atoms with Crippen LogP contribution in [0.4, 0.5) is 17.6 Å². The van der Waals surface area contributed by atoms with E-state index in [1.165, 1.54) is 10.7 Å². The second-order valence-electron chi connectivity index (χ2n) is 4.82. The number of hydrogen-bond acceptors (Lipinski definition) is 4. The topological polar surface area (TPSA) is 55.6 Å². The summed E-state index contributed by atoms with van der Waals surface area (Å²) < 4.78 is 52.6. The van der Waals surface area contributed by atoms with Crippen molar-refractivity contribution in [2.45, 2.75) is 31.6 Å². The molecule has 1 aliphatic carbocycles. The zero-order valence-electron chi connectivity index (χ0n) is 10.7. The molecule has 1 heterocycles. The van der Waals surface area contributed by atoms with Crippen molar-refractivity contribution in [2.24, 2.45) is 0 Å². The second kappa shape index (κ2) is 5.06. The number of rotatable bonds is 4. The number of hydrogen-bond donors (Lipinski definition) is 1. The first-order valence-electron chi connectivity index (χ1n) is 6.33. The molecule has 21 heavy (non-hydrogen) atoms. The Labute approximate surface area is 117 Å². The van der Waals surface area contributed by atoms with Gasteiger partial charge in [-0.15, -0.1) is 5.10 Å². The Morgan fingerprint density at radius 1 is 1.29 bits per heavy atom. The molecule has 0 saturated heterocycles. The predicted molar refractivity (Wildman–Crippen MR) is 64.0 cm³/mol. The molecule has 9 heteroatoms. The normalized spacial score (nSPS) is 15.4. The molecule has 1 aromatic carbocycles. The third-order valence-corrected chi connectivity index (χ3v) is 3.16. The molecule has 0 spiro atoms. The maximum Gasteiger partial charge on any atom is 0.419 e. The van der Waals surface area contributed by atoms with Gasteiger partial charge in [-0.3, -0.25) is 0 Å². The van der Waals surface area contributed by atoms with E-state index >= 15 is 0 Å². The molecule has 0 radical (unpaired) electrons. The number of tetrazole rings is 1. The molecule has 0 amide bonds. The molecule has 0 aliphatic heterocycles. The first-order chi connectivity index (χ1) is 9.95. The lowest BCUT2D eigenvalue weighted by Gasteiger charge is -2.11. The molecule has 0 unspecified atom stereocenters. The molecular weight excluding hydrogens is 290 g/mol. The van der Waals surface area contributed by atoms with Crippen molar-refractivity contribution in [1.29, 1.82) is 0 Å². The zero-order valence-corrected chi connectivity index (χ0v) is 10.7. The number of aromatic nitrogens is 4. The minimum Gasteiger partial charge on any atom is -0.307 e. The summed E-state index contributed by atoms with van der Waals surface area (Å²) in [4.78, 5) is 0. The van der Waals surface area contributed by atoms with Crippen LogP contribution < -0.4 is 5.32 Å². The average Bonchev–Trinajstić information content (AvgIpc) is 3.13. The van der Waals surface area contributed by atoms with Gasteiger partial charge in [-0.25, -0.2) is 4.39 Å². The SMILES string of the molecule is Fc1ccc(-n2nnnc2CNC2CC2)cc1C(F)(F)F. The van der Waals surface area contributed by atoms with Crippen LogP contribution in [0.5, 0.6) is 0 Å². The minimum absolute atomic E-state index is 0.0707. The van der Waals surface area contributed by atoms with Gasteiger partial charge in [-0.05, 0) is 41.5 Å². The third-order valence-electron chi connectivity index (χ3n) is 3.16. The molecule has 0 atom stereocenters. The molecule has 1 aliphatic rings. The van der Waals surface area contributed by atoms with Gasteiger partial charge in [0.25, 0.3) is 0 Å². The second-order valence-corrected chi connectivity index (χ2v) is 4.82. The Balaban J connectivity index is 1.91. The van der Waals surface area contributed by atoms with Crippen molar-refractivity contribution >= 4 is 0 Å². The quantitative estimate of drug-likeness (QED) is 0.878. The van der Waals surface area contributed by atoms with Crippen LogP contribution >= 0.6 is 0 Å². The van der Waals surface area contributed by atoms with E-state index in [-0.39, 0.29) is 5.69 Å². The summed E-state index contributed by atoms with van der Waals surface area (Å²) in [5.41, 5.74) is -1.27. The van der Waals surface area contributed by atoms with Crippen molar-refractivity contribution in [3.05, 3.63) is 35.4 Å². The minimum atomic E-state index is -4.76. The summed E-state index contributed by atoms with van der Waals surface area (Å²) in [6, 6.07) is 3.08. The summed E-state index contributed by atoms with van der Waals surface area (Å²) in [7, 11) is 0. The summed E-state index contributed by atoms with van der Waals surface area (Å²) in [5.74, 6) is -0.946. The monoisotopic (exact) mass is 301 g/mol. The van der Waals surface area contributed by atoms with Crippen LogP contribution in [0.2, 0.25) is 0 Å². The van der Waals surface area contributed by atoms with Crippen LogP contribution in [0.1, 0.15) is 24.2 Å². The fraction of sp³-hybridized carbons (Fsp3) is 0.417. The molecule has 0 bridgehead atoms. The first-order valence-corrected chi connectivity index (χ1v) is 6.33. The highest BCUT2D eigenvalue weighted by Crippen LogP contribution is 2.32. The van der Waals surface area contributed by atoms with Crippen LogP contribution in [0, 0.1) is 5.82 Å². The van der Waals surface area contributed by atoms with E-state index in [9.17, 15) is 17.6 Å². The van der Waals surface area contributed by atoms with Crippen LogP contribution in [-0.4, -0.2) is 26.2 Å². The number of alkyl halides is 3. The first kappa shape index (κ1) is 13.9. The summed E-state index contributed by atoms with van der Waals surface area (Å²) in [5, 5.41) is 14.1. The molecule has 1 N–H and O–H groups in total. The lowest BCUT2D eigenvalue weighted by Crippen LogP contribution is -2.19. The molecule has 3 rings (SSSR count). The molecular formula is C12H11F4N5. The molecule has 112 valence electrons. The van der Waals surface area contributed by atoms with Crippen molar-refractivity contribution in [2.75, 3.05) is 0 Å². The maximum absolute atomic E-state index is 13.3. The van der Waals surface area contributed by atoms with E-state index in [4.69, 9.17) is 0 Å². The van der Waals surface area contributed by atoms with Gasteiger partial charge in [0.15, 0.2) is 5.82 Å². The molecule has 5 nitrogen and oxygen atoms in total. The number of nitrogens with zero attached hydrogens (tertiary/aromatic N) is 4. The molecule has 1 saturated carbocycles. The summed E-state index contributed by atoms with van der Waals surface area (Å²) in [6.07, 6.45) is -2.63. The number of halogens is 4. The van der Waals surface area contributed by atoms with E-state index in [2.05, 4.69) is 20.8 Å². The fourth-order valence-corrected chi connectivity index (χ4v) is 1.90. The molecule has 2 aromatic rings. The van der Waals surface area contributed by atoms with Gasteiger partial charge < -0.3 is 5.32 Å². The Hall–Kier alpha value is -2.03. The van der Waals surface area contributed by atoms with Crippen LogP contribution in [0.25, 0.3) is 5.69 Å². The molecule has 1 aromatic heterocycles. The van der Waals surface area contributed by atoms with Crippen molar-refractivity contribution in [1.82, 2.24) is 25.5 Å². The highest BCUT2D eigenvalue weighted by Gasteiger charge is 2.34. The van der Waals surface area contributed by atoms with Crippen molar-refractivity contribution in [3.63, 3.8) is 0 Å². The highest BCUT2D eigenvalue weighted by molar-refractivity contribution is 5.37. The predicted octanol–water partition coefficient (Wildman–Crippen LogP) is 2.07. The van der Waals surface area contributed by atoms with E-state index in [1.807, 2.05) is 0 Å². The van der Waals surface area contributed by atoms with Crippen LogP contribution in [0.3, 0.4) is 0 Å². The number of nitrogens with one attached hydrogen (secondary N) is 1. The summed E-state index contributed by atoms with van der Waals surface area (Å²) >= 11 is 0. The average molecular weight is 301 g/mol. The van der Waals surface area contributed by atoms with Crippen molar-refractivity contribution in [3.8, 4) is 5.69 Å². The Bertz CT molecular complexity index is 647. The van der Waals surface area contributed by atoms with Crippen molar-refractivity contribution < 1.29 is 17.6 Å². The lowest BCUT2D eigenvalue weighted by molar-refractivity contribution is -0.140. The van der Waals surface area contributed by atoms with Gasteiger partial charge in [0.05, 0.1) is 17.8 Å². The van der Waals surface area contributed by atoms with Gasteiger partial charge in [0.2, 0.25) is 0 Å².